The lowest BCUT2D eigenvalue weighted by molar-refractivity contribution is 0.436. The molecule has 4 nitrogen and oxygen atoms in total. The Hall–Kier alpha value is -7.43. The number of fused-ring (bicyclic) bond motifs is 12. The minimum absolute atomic E-state index is 0.270. The summed E-state index contributed by atoms with van der Waals surface area (Å²) in [6.45, 7) is 0. The van der Waals surface area contributed by atoms with Gasteiger partial charge in [-0.25, -0.2) is 0 Å². The molecule has 1 spiro atoms. The highest BCUT2D eigenvalue weighted by molar-refractivity contribution is 6.13. The van der Waals surface area contributed by atoms with Crippen molar-refractivity contribution in [3.05, 3.63) is 239 Å². The summed E-state index contributed by atoms with van der Waals surface area (Å²) >= 11 is 0. The van der Waals surface area contributed by atoms with Crippen molar-refractivity contribution < 1.29 is 4.74 Å². The molecule has 1 aromatic heterocycles. The third kappa shape index (κ3) is 4.65. The van der Waals surface area contributed by atoms with Gasteiger partial charge in [0, 0.05) is 33.3 Å². The molecule has 1 N–H and O–H groups in total. The van der Waals surface area contributed by atoms with E-state index in [0.717, 1.165) is 56.4 Å². The summed E-state index contributed by atoms with van der Waals surface area (Å²) < 4.78 is 9.10. The Labute approximate surface area is 330 Å². The molecular formula is C53H35N3O. The monoisotopic (exact) mass is 729 g/mol. The smallest absolute Gasteiger partial charge is 0.145 e. The number of allylic oxidation sites excluding steroid dienone is 1. The van der Waals surface area contributed by atoms with E-state index in [9.17, 15) is 0 Å². The Bertz CT molecular complexity index is 3040. The zero-order chi connectivity index (χ0) is 37.5. The molecule has 3 aliphatic rings. The minimum Gasteiger partial charge on any atom is -0.457 e. The maximum Gasteiger partial charge on any atom is 0.145 e. The van der Waals surface area contributed by atoms with E-state index < -0.39 is 5.41 Å². The van der Waals surface area contributed by atoms with E-state index in [-0.39, 0.29) is 6.17 Å². The first-order chi connectivity index (χ1) is 28.3. The zero-order valence-corrected chi connectivity index (χ0v) is 30.9. The molecule has 0 amide bonds. The molecule has 0 saturated carbocycles. The van der Waals surface area contributed by atoms with Crippen molar-refractivity contribution in [3.8, 4) is 28.3 Å². The molecule has 1 aliphatic carbocycles. The molecule has 1 unspecified atom stereocenters. The molecule has 1 atom stereocenters. The average Bonchev–Trinajstić information content (AvgIpc) is 3.78. The third-order valence-corrected chi connectivity index (χ3v) is 12.1. The van der Waals surface area contributed by atoms with Crippen molar-refractivity contribution in [2.24, 2.45) is 4.99 Å². The number of rotatable bonds is 4. The van der Waals surface area contributed by atoms with Crippen molar-refractivity contribution in [1.29, 1.82) is 0 Å². The zero-order valence-electron chi connectivity index (χ0n) is 30.9. The highest BCUT2D eigenvalue weighted by Crippen LogP contribution is 2.62. The Morgan fingerprint density at radius 2 is 1.05 bits per heavy atom. The van der Waals surface area contributed by atoms with Crippen LogP contribution in [0.2, 0.25) is 0 Å². The maximum absolute atomic E-state index is 6.75. The Kier molecular flexibility index (Phi) is 6.87. The maximum atomic E-state index is 6.75. The van der Waals surface area contributed by atoms with Gasteiger partial charge in [-0.1, -0.05) is 146 Å². The van der Waals surface area contributed by atoms with Gasteiger partial charge in [-0.2, -0.15) is 0 Å². The second-order valence-electron chi connectivity index (χ2n) is 15.1. The number of aliphatic imine (C=N–C) groups is 1. The fraction of sp³-hybridized carbons (Fsp3) is 0.0377. The molecule has 0 fully saturated rings. The van der Waals surface area contributed by atoms with Crippen LogP contribution in [0, 0.1) is 0 Å². The van der Waals surface area contributed by atoms with E-state index in [1.165, 1.54) is 44.1 Å². The van der Waals surface area contributed by atoms with Gasteiger partial charge in [0.1, 0.15) is 17.7 Å². The topological polar surface area (TPSA) is 38.5 Å². The average molecular weight is 730 g/mol. The Morgan fingerprint density at radius 1 is 0.491 bits per heavy atom. The quantitative estimate of drug-likeness (QED) is 0.196. The minimum atomic E-state index is -0.541. The van der Waals surface area contributed by atoms with Gasteiger partial charge >= 0.3 is 0 Å². The Morgan fingerprint density at radius 3 is 1.75 bits per heavy atom. The van der Waals surface area contributed by atoms with Gasteiger partial charge in [-0.05, 0) is 93.6 Å². The summed E-state index contributed by atoms with van der Waals surface area (Å²) in [5, 5.41) is 6.34. The highest BCUT2D eigenvalue weighted by atomic mass is 16.5. The number of ether oxygens (including phenoxy) is 1. The van der Waals surface area contributed by atoms with Gasteiger partial charge in [0.2, 0.25) is 0 Å². The fourth-order valence-electron chi connectivity index (χ4n) is 9.66. The van der Waals surface area contributed by atoms with Crippen LogP contribution in [0.3, 0.4) is 0 Å². The lowest BCUT2D eigenvalue weighted by Crippen LogP contribution is -2.32. The normalized spacial score (nSPS) is 15.8. The van der Waals surface area contributed by atoms with Crippen LogP contribution in [0.4, 0.5) is 0 Å². The fourth-order valence-corrected chi connectivity index (χ4v) is 9.66. The lowest BCUT2D eigenvalue weighted by atomic mass is 9.66. The van der Waals surface area contributed by atoms with Gasteiger partial charge in [-0.3, -0.25) is 4.99 Å². The molecule has 0 bridgehead atoms. The van der Waals surface area contributed by atoms with E-state index in [0.29, 0.717) is 0 Å². The van der Waals surface area contributed by atoms with E-state index in [1.54, 1.807) is 0 Å². The molecule has 57 heavy (non-hydrogen) atoms. The second kappa shape index (κ2) is 12.3. The molecule has 4 heteroatoms. The van der Waals surface area contributed by atoms with Crippen molar-refractivity contribution in [3.63, 3.8) is 0 Å². The molecule has 0 radical (unpaired) electrons. The first-order valence-corrected chi connectivity index (χ1v) is 19.6. The van der Waals surface area contributed by atoms with Crippen LogP contribution in [0.5, 0.6) is 11.5 Å². The second-order valence-corrected chi connectivity index (χ2v) is 15.1. The number of aromatic nitrogens is 1. The number of hydrogen-bond donors (Lipinski definition) is 1. The van der Waals surface area contributed by atoms with Crippen molar-refractivity contribution in [2.45, 2.75) is 11.6 Å². The molecule has 3 heterocycles. The Balaban J connectivity index is 1.01. The van der Waals surface area contributed by atoms with Crippen LogP contribution in [-0.2, 0) is 5.41 Å². The van der Waals surface area contributed by atoms with Crippen molar-refractivity contribution in [1.82, 2.24) is 9.88 Å². The molecule has 9 aromatic rings. The van der Waals surface area contributed by atoms with Crippen molar-refractivity contribution >= 4 is 33.2 Å². The van der Waals surface area contributed by atoms with Crippen LogP contribution in [-0.4, -0.2) is 10.3 Å². The van der Waals surface area contributed by atoms with E-state index in [1.807, 2.05) is 0 Å². The predicted octanol–water partition coefficient (Wildman–Crippen LogP) is 12.4. The number of nitrogens with zero attached hydrogens (tertiary/aromatic N) is 2. The third-order valence-electron chi connectivity index (χ3n) is 12.1. The first kappa shape index (κ1) is 31.9. The van der Waals surface area contributed by atoms with Gasteiger partial charge in [-0.15, -0.1) is 0 Å². The number of para-hydroxylation sites is 3. The lowest BCUT2D eigenvalue weighted by Gasteiger charge is -2.39. The van der Waals surface area contributed by atoms with Crippen LogP contribution >= 0.6 is 0 Å². The van der Waals surface area contributed by atoms with Gasteiger partial charge < -0.3 is 14.6 Å². The number of hydrogen-bond acceptors (Lipinski definition) is 3. The number of benzene rings is 8. The van der Waals surface area contributed by atoms with Crippen LogP contribution in [0.15, 0.2) is 205 Å². The summed E-state index contributed by atoms with van der Waals surface area (Å²) in [5.74, 6) is 1.76. The van der Waals surface area contributed by atoms with E-state index >= 15 is 0 Å². The van der Waals surface area contributed by atoms with Crippen LogP contribution in [0.25, 0.3) is 44.3 Å². The molecule has 0 saturated heterocycles. The largest absolute Gasteiger partial charge is 0.457 e. The molecular weight excluding hydrogens is 695 g/mol. The van der Waals surface area contributed by atoms with E-state index in [2.05, 4.69) is 210 Å². The molecule has 8 aromatic carbocycles. The highest BCUT2D eigenvalue weighted by Gasteiger charge is 2.51. The summed E-state index contributed by atoms with van der Waals surface area (Å²) in [6, 6.07) is 69.6. The van der Waals surface area contributed by atoms with Crippen molar-refractivity contribution in [2.75, 3.05) is 0 Å². The predicted molar refractivity (Wildman–Crippen MR) is 231 cm³/mol. The first-order valence-electron chi connectivity index (χ1n) is 19.6. The molecule has 12 rings (SSSR count). The van der Waals surface area contributed by atoms with Crippen LogP contribution < -0.4 is 10.1 Å². The SMILES string of the molecule is C1=C(c2ccc3c(c2)C2(c4ccccc4O3)c3ccccc3-c3ccccc32)NC(c2ccccc2)N=C1c1ccc(-n2c3ccccc3c3ccccc32)cc1. The van der Waals surface area contributed by atoms with Gasteiger partial charge in [0.05, 0.1) is 22.2 Å². The number of nitrogens with one attached hydrogen (secondary N) is 1. The van der Waals surface area contributed by atoms with Gasteiger partial charge in [0.25, 0.3) is 0 Å². The molecule has 268 valence electrons. The summed E-state index contributed by atoms with van der Waals surface area (Å²) in [5.41, 5.74) is 15.5. The standard InChI is InChI=1S/C53H35N3O/c1-2-14-35(15-3-1)52-54-46(34-26-29-37(30-27-34)56-48-23-11-6-18-40(48)41-19-7-12-24-49(41)56)33-47(55-52)36-28-31-51-45(32-36)53(44-22-10-13-25-50(44)57-51)42-20-8-4-16-38(42)39-17-5-9-21-43(39)53/h1-33,52,55H. The van der Waals surface area contributed by atoms with E-state index in [4.69, 9.17) is 9.73 Å². The van der Waals surface area contributed by atoms with Crippen LogP contribution in [0.1, 0.15) is 45.1 Å². The van der Waals surface area contributed by atoms with Gasteiger partial charge in [0.15, 0.2) is 0 Å². The molecule has 2 aliphatic heterocycles. The summed E-state index contributed by atoms with van der Waals surface area (Å²) in [4.78, 5) is 5.34. The summed E-state index contributed by atoms with van der Waals surface area (Å²) in [6.07, 6.45) is 1.94. The summed E-state index contributed by atoms with van der Waals surface area (Å²) in [7, 11) is 0.